The van der Waals surface area contributed by atoms with Crippen molar-refractivity contribution in [1.29, 1.82) is 0 Å². The molecule has 1 atom stereocenters. The second-order valence-corrected chi connectivity index (χ2v) is 5.66. The van der Waals surface area contributed by atoms with Crippen molar-refractivity contribution < 1.29 is 9.47 Å². The van der Waals surface area contributed by atoms with Gasteiger partial charge in [-0.2, -0.15) is 0 Å². The highest BCUT2D eigenvalue weighted by atomic mass is 16.7. The number of benzene rings is 1. The molecule has 1 saturated heterocycles. The molecule has 1 heterocycles. The fraction of sp³-hybridized carbons (Fsp3) is 0.571. The Balaban J connectivity index is 2.14. The molecule has 0 radical (unpaired) electrons. The lowest BCUT2D eigenvalue weighted by atomic mass is 9.94. The zero-order chi connectivity index (χ0) is 12.7. The Morgan fingerprint density at radius 2 is 1.82 bits per heavy atom. The normalized spacial score (nSPS) is 23.9. The Morgan fingerprint density at radius 1 is 1.24 bits per heavy atom. The molecule has 1 aromatic carbocycles. The zero-order valence-electron chi connectivity index (χ0n) is 11.0. The summed E-state index contributed by atoms with van der Waals surface area (Å²) in [5.41, 5.74) is 8.01. The maximum atomic E-state index is 6.05. The smallest absolute Gasteiger partial charge is 0.163 e. The summed E-state index contributed by atoms with van der Waals surface area (Å²) in [7, 11) is 0. The van der Waals surface area contributed by atoms with Gasteiger partial charge in [-0.1, -0.05) is 24.3 Å². The van der Waals surface area contributed by atoms with Gasteiger partial charge in [0.05, 0.1) is 6.61 Å². The molecule has 2 rings (SSSR count). The summed E-state index contributed by atoms with van der Waals surface area (Å²) in [6, 6.07) is 8.26. The molecule has 1 aromatic rings. The van der Waals surface area contributed by atoms with Crippen molar-refractivity contribution in [1.82, 2.24) is 0 Å². The van der Waals surface area contributed by atoms with Crippen molar-refractivity contribution in [3.8, 4) is 0 Å². The molecule has 2 N–H and O–H groups in total. The van der Waals surface area contributed by atoms with Crippen molar-refractivity contribution in [2.24, 2.45) is 5.73 Å². The first-order chi connectivity index (χ1) is 7.78. The molecular formula is C14H21NO2. The first-order valence-corrected chi connectivity index (χ1v) is 5.99. The summed E-state index contributed by atoms with van der Waals surface area (Å²) in [6.07, 6.45) is 0.0277. The van der Waals surface area contributed by atoms with Gasteiger partial charge in [0.25, 0.3) is 0 Å². The topological polar surface area (TPSA) is 44.5 Å². The van der Waals surface area contributed by atoms with Crippen LogP contribution in [0.25, 0.3) is 0 Å². The monoisotopic (exact) mass is 235 g/mol. The number of nitrogens with two attached hydrogens (primary N) is 1. The van der Waals surface area contributed by atoms with Crippen LogP contribution >= 0.6 is 0 Å². The molecule has 3 nitrogen and oxygen atoms in total. The highest BCUT2D eigenvalue weighted by Gasteiger charge is 2.33. The van der Waals surface area contributed by atoms with E-state index in [0.29, 0.717) is 6.61 Å². The van der Waals surface area contributed by atoms with E-state index in [1.165, 1.54) is 0 Å². The molecule has 94 valence electrons. The molecule has 0 bridgehead atoms. The summed E-state index contributed by atoms with van der Waals surface area (Å²) in [4.78, 5) is 0. The molecule has 0 saturated carbocycles. The van der Waals surface area contributed by atoms with Crippen LogP contribution in [0.3, 0.4) is 0 Å². The Bertz CT molecular complexity index is 390. The Hall–Kier alpha value is -0.900. The third-order valence-electron chi connectivity index (χ3n) is 3.03. The van der Waals surface area contributed by atoms with Crippen molar-refractivity contribution in [2.75, 3.05) is 6.61 Å². The maximum Gasteiger partial charge on any atom is 0.163 e. The van der Waals surface area contributed by atoms with E-state index in [1.54, 1.807) is 0 Å². The standard InChI is InChI=1S/C14H21NO2/c1-13(2,15)11-7-5-10(6-8-11)12-9-16-14(3,4)17-12/h5-8,12H,9,15H2,1-4H3. The van der Waals surface area contributed by atoms with E-state index >= 15 is 0 Å². The summed E-state index contributed by atoms with van der Waals surface area (Å²) < 4.78 is 11.4. The van der Waals surface area contributed by atoms with E-state index in [9.17, 15) is 0 Å². The van der Waals surface area contributed by atoms with Gasteiger partial charge in [-0.25, -0.2) is 0 Å². The van der Waals surface area contributed by atoms with E-state index in [4.69, 9.17) is 15.2 Å². The largest absolute Gasteiger partial charge is 0.347 e. The van der Waals surface area contributed by atoms with Crippen LogP contribution in [0.1, 0.15) is 44.9 Å². The molecule has 1 fully saturated rings. The zero-order valence-corrected chi connectivity index (χ0v) is 11.0. The highest BCUT2D eigenvalue weighted by Crippen LogP contribution is 2.33. The number of ether oxygens (including phenoxy) is 2. The fourth-order valence-corrected chi connectivity index (χ4v) is 1.98. The predicted molar refractivity (Wildman–Crippen MR) is 67.5 cm³/mol. The quantitative estimate of drug-likeness (QED) is 0.857. The SMILES string of the molecule is CC1(C)OCC(c2ccc(C(C)(C)N)cc2)O1. The molecule has 1 aliphatic rings. The van der Waals surface area contributed by atoms with Gasteiger partial charge in [-0.05, 0) is 38.8 Å². The predicted octanol–water partition coefficient (Wildman–Crippen LogP) is 2.70. The Morgan fingerprint density at radius 3 is 2.24 bits per heavy atom. The molecule has 1 aliphatic heterocycles. The molecule has 0 spiro atoms. The first-order valence-electron chi connectivity index (χ1n) is 5.99. The number of rotatable bonds is 2. The molecule has 3 heteroatoms. The van der Waals surface area contributed by atoms with E-state index in [-0.39, 0.29) is 11.6 Å². The number of hydrogen-bond donors (Lipinski definition) is 1. The van der Waals surface area contributed by atoms with Gasteiger partial charge in [0.15, 0.2) is 5.79 Å². The van der Waals surface area contributed by atoms with Gasteiger partial charge >= 0.3 is 0 Å². The summed E-state index contributed by atoms with van der Waals surface area (Å²) in [6.45, 7) is 8.48. The van der Waals surface area contributed by atoms with Gasteiger partial charge in [0.1, 0.15) is 6.10 Å². The van der Waals surface area contributed by atoms with Crippen LogP contribution in [0.5, 0.6) is 0 Å². The van der Waals surface area contributed by atoms with Gasteiger partial charge in [0, 0.05) is 5.54 Å². The third kappa shape index (κ3) is 2.86. The molecule has 0 amide bonds. The third-order valence-corrected chi connectivity index (χ3v) is 3.03. The van der Waals surface area contributed by atoms with E-state index < -0.39 is 5.79 Å². The lowest BCUT2D eigenvalue weighted by Crippen LogP contribution is -2.28. The maximum absolute atomic E-state index is 6.05. The molecule has 17 heavy (non-hydrogen) atoms. The summed E-state index contributed by atoms with van der Waals surface area (Å²) >= 11 is 0. The van der Waals surface area contributed by atoms with Crippen molar-refractivity contribution in [3.05, 3.63) is 35.4 Å². The van der Waals surface area contributed by atoms with Crippen LogP contribution < -0.4 is 5.73 Å². The molecule has 1 unspecified atom stereocenters. The van der Waals surface area contributed by atoms with Crippen LogP contribution in [0.15, 0.2) is 24.3 Å². The van der Waals surface area contributed by atoms with Crippen LogP contribution in [-0.4, -0.2) is 12.4 Å². The fourth-order valence-electron chi connectivity index (χ4n) is 1.98. The van der Waals surface area contributed by atoms with Crippen molar-refractivity contribution >= 4 is 0 Å². The van der Waals surface area contributed by atoms with E-state index in [2.05, 4.69) is 24.3 Å². The molecule has 0 aliphatic carbocycles. The minimum atomic E-state index is -0.476. The highest BCUT2D eigenvalue weighted by molar-refractivity contribution is 5.28. The average molecular weight is 235 g/mol. The molecule has 0 aromatic heterocycles. The molecular weight excluding hydrogens is 214 g/mol. The van der Waals surface area contributed by atoms with E-state index in [1.807, 2.05) is 27.7 Å². The van der Waals surface area contributed by atoms with Crippen molar-refractivity contribution in [3.63, 3.8) is 0 Å². The van der Waals surface area contributed by atoms with Crippen molar-refractivity contribution in [2.45, 2.75) is 45.1 Å². The minimum absolute atomic E-state index is 0.0277. The summed E-state index contributed by atoms with van der Waals surface area (Å²) in [5.74, 6) is -0.476. The average Bonchev–Trinajstić information content (AvgIpc) is 2.58. The summed E-state index contributed by atoms with van der Waals surface area (Å²) in [5, 5.41) is 0. The Labute approximate surface area is 103 Å². The lowest BCUT2D eigenvalue weighted by Gasteiger charge is -2.20. The van der Waals surface area contributed by atoms with Crippen LogP contribution in [0, 0.1) is 0 Å². The second-order valence-electron chi connectivity index (χ2n) is 5.66. The van der Waals surface area contributed by atoms with Gasteiger partial charge in [-0.15, -0.1) is 0 Å². The second kappa shape index (κ2) is 4.09. The first kappa shape index (κ1) is 12.6. The van der Waals surface area contributed by atoms with E-state index in [0.717, 1.165) is 11.1 Å². The van der Waals surface area contributed by atoms with Crippen LogP contribution in [0.2, 0.25) is 0 Å². The van der Waals surface area contributed by atoms with Gasteiger partial charge in [0.2, 0.25) is 0 Å². The lowest BCUT2D eigenvalue weighted by molar-refractivity contribution is -0.139. The Kier molecular flexibility index (Phi) is 3.02. The van der Waals surface area contributed by atoms with Gasteiger partial charge in [-0.3, -0.25) is 0 Å². The van der Waals surface area contributed by atoms with Gasteiger partial charge < -0.3 is 15.2 Å². The van der Waals surface area contributed by atoms with Crippen LogP contribution in [0.4, 0.5) is 0 Å². The van der Waals surface area contributed by atoms with Crippen LogP contribution in [-0.2, 0) is 15.0 Å². The minimum Gasteiger partial charge on any atom is -0.347 e. The number of hydrogen-bond acceptors (Lipinski definition) is 3.